The van der Waals surface area contributed by atoms with Crippen LogP contribution in [0.2, 0.25) is 0 Å². The lowest BCUT2D eigenvalue weighted by Crippen LogP contribution is -2.42. The fraction of sp³-hybridized carbons (Fsp3) is 0.571. The number of hydrogen-bond acceptors (Lipinski definition) is 4. The summed E-state index contributed by atoms with van der Waals surface area (Å²) in [6.45, 7) is 4.79. The Balaban J connectivity index is 2.23. The van der Waals surface area contributed by atoms with Gasteiger partial charge in [-0.05, 0) is 18.1 Å². The van der Waals surface area contributed by atoms with Gasteiger partial charge in [0, 0.05) is 12.6 Å². The maximum Gasteiger partial charge on any atom is 0.119 e. The van der Waals surface area contributed by atoms with Crippen molar-refractivity contribution in [1.82, 2.24) is 5.32 Å². The molecule has 0 aliphatic heterocycles. The zero-order valence-electron chi connectivity index (χ0n) is 11.0. The molecule has 0 radical (unpaired) electrons. The van der Waals surface area contributed by atoms with Crippen LogP contribution in [0.25, 0.3) is 0 Å². The molecule has 0 bridgehead atoms. The summed E-state index contributed by atoms with van der Waals surface area (Å²) in [5.74, 6) is 1.08. The van der Waals surface area contributed by atoms with Gasteiger partial charge in [-0.25, -0.2) is 0 Å². The van der Waals surface area contributed by atoms with Crippen molar-refractivity contribution >= 4 is 0 Å². The standard InChI is InChI=1S/C14H23NO3/c1-11(2)14(9-16)15-8-12(17)10-18-13-6-4-3-5-7-13/h3-7,11-12,14-17H,8-10H2,1-2H3/t12?,14-/m1/s1. The molecular formula is C14H23NO3. The van der Waals surface area contributed by atoms with E-state index in [2.05, 4.69) is 5.32 Å². The quantitative estimate of drug-likeness (QED) is 0.647. The lowest BCUT2D eigenvalue weighted by atomic mass is 10.1. The van der Waals surface area contributed by atoms with Crippen molar-refractivity contribution in [2.75, 3.05) is 19.8 Å². The van der Waals surface area contributed by atoms with Gasteiger partial charge in [0.05, 0.1) is 6.61 Å². The normalized spacial score (nSPS) is 14.5. The van der Waals surface area contributed by atoms with E-state index < -0.39 is 6.10 Å². The monoisotopic (exact) mass is 253 g/mol. The third kappa shape index (κ3) is 5.49. The summed E-state index contributed by atoms with van der Waals surface area (Å²) in [6.07, 6.45) is -0.585. The van der Waals surface area contributed by atoms with Crippen molar-refractivity contribution in [2.24, 2.45) is 5.92 Å². The number of para-hydroxylation sites is 1. The highest BCUT2D eigenvalue weighted by molar-refractivity contribution is 5.20. The largest absolute Gasteiger partial charge is 0.491 e. The summed E-state index contributed by atoms with van der Waals surface area (Å²) >= 11 is 0. The predicted molar refractivity (Wildman–Crippen MR) is 71.7 cm³/mol. The van der Waals surface area contributed by atoms with Crippen molar-refractivity contribution < 1.29 is 14.9 Å². The van der Waals surface area contributed by atoms with E-state index >= 15 is 0 Å². The molecule has 0 saturated carbocycles. The van der Waals surface area contributed by atoms with E-state index in [1.165, 1.54) is 0 Å². The lowest BCUT2D eigenvalue weighted by Gasteiger charge is -2.22. The van der Waals surface area contributed by atoms with Crippen LogP contribution in [0, 0.1) is 5.92 Å². The Morgan fingerprint density at radius 3 is 2.44 bits per heavy atom. The summed E-state index contributed by atoms with van der Waals surface area (Å²) in [6, 6.07) is 9.41. The van der Waals surface area contributed by atoms with Crippen LogP contribution in [0.15, 0.2) is 30.3 Å². The van der Waals surface area contributed by atoms with Crippen LogP contribution < -0.4 is 10.1 Å². The van der Waals surface area contributed by atoms with Gasteiger partial charge in [-0.15, -0.1) is 0 Å². The molecule has 3 N–H and O–H groups in total. The molecule has 0 aromatic heterocycles. The first-order valence-electron chi connectivity index (χ1n) is 6.33. The number of hydrogen-bond donors (Lipinski definition) is 3. The minimum Gasteiger partial charge on any atom is -0.491 e. The molecule has 0 aliphatic rings. The second kappa shape index (κ2) is 8.08. The van der Waals surface area contributed by atoms with E-state index in [0.717, 1.165) is 5.75 Å². The average Bonchev–Trinajstić information content (AvgIpc) is 2.38. The number of benzene rings is 1. The van der Waals surface area contributed by atoms with E-state index in [0.29, 0.717) is 12.5 Å². The second-order valence-electron chi connectivity index (χ2n) is 4.72. The zero-order valence-corrected chi connectivity index (χ0v) is 11.0. The summed E-state index contributed by atoms with van der Waals surface area (Å²) in [4.78, 5) is 0. The van der Waals surface area contributed by atoms with Gasteiger partial charge in [0.15, 0.2) is 0 Å². The van der Waals surface area contributed by atoms with E-state index in [9.17, 15) is 5.11 Å². The molecule has 1 aromatic carbocycles. The molecule has 0 amide bonds. The zero-order chi connectivity index (χ0) is 13.4. The molecule has 18 heavy (non-hydrogen) atoms. The molecule has 0 saturated heterocycles. The fourth-order valence-corrected chi connectivity index (χ4v) is 1.57. The van der Waals surface area contributed by atoms with Crippen LogP contribution in [-0.4, -0.2) is 42.1 Å². The fourth-order valence-electron chi connectivity index (χ4n) is 1.57. The summed E-state index contributed by atoms with van der Waals surface area (Å²) < 4.78 is 5.44. The van der Waals surface area contributed by atoms with Gasteiger partial charge < -0.3 is 20.3 Å². The third-order valence-electron chi connectivity index (χ3n) is 2.80. The Hall–Kier alpha value is -1.10. The Morgan fingerprint density at radius 2 is 1.89 bits per heavy atom. The number of rotatable bonds is 8. The van der Waals surface area contributed by atoms with Crippen LogP contribution >= 0.6 is 0 Å². The summed E-state index contributed by atoms with van der Waals surface area (Å²) in [5, 5.41) is 22.0. The molecule has 1 unspecified atom stereocenters. The van der Waals surface area contributed by atoms with Gasteiger partial charge in [-0.1, -0.05) is 32.0 Å². The van der Waals surface area contributed by atoms with Gasteiger partial charge in [-0.3, -0.25) is 0 Å². The Labute approximate surface area is 109 Å². The first kappa shape index (κ1) is 15.0. The second-order valence-corrected chi connectivity index (χ2v) is 4.72. The van der Waals surface area contributed by atoms with Gasteiger partial charge in [0.25, 0.3) is 0 Å². The minimum absolute atomic E-state index is 0.0105. The number of aliphatic hydroxyl groups excluding tert-OH is 2. The molecule has 2 atom stereocenters. The highest BCUT2D eigenvalue weighted by atomic mass is 16.5. The van der Waals surface area contributed by atoms with Crippen molar-refractivity contribution in [3.8, 4) is 5.75 Å². The van der Waals surface area contributed by atoms with E-state index in [1.807, 2.05) is 44.2 Å². The number of aliphatic hydroxyl groups is 2. The van der Waals surface area contributed by atoms with Crippen molar-refractivity contribution in [1.29, 1.82) is 0 Å². The summed E-state index contributed by atoms with van der Waals surface area (Å²) in [5.41, 5.74) is 0. The molecule has 0 fully saturated rings. The van der Waals surface area contributed by atoms with Crippen molar-refractivity contribution in [3.05, 3.63) is 30.3 Å². The van der Waals surface area contributed by atoms with Crippen molar-refractivity contribution in [2.45, 2.75) is 26.0 Å². The maximum atomic E-state index is 9.77. The molecule has 4 nitrogen and oxygen atoms in total. The molecule has 102 valence electrons. The highest BCUT2D eigenvalue weighted by Gasteiger charge is 2.13. The third-order valence-corrected chi connectivity index (χ3v) is 2.80. The predicted octanol–water partition coefficient (Wildman–Crippen LogP) is 1.03. The topological polar surface area (TPSA) is 61.7 Å². The molecular weight excluding hydrogens is 230 g/mol. The van der Waals surface area contributed by atoms with Crippen LogP contribution in [0.4, 0.5) is 0 Å². The minimum atomic E-state index is -0.585. The summed E-state index contributed by atoms with van der Waals surface area (Å²) in [7, 11) is 0. The van der Waals surface area contributed by atoms with E-state index in [-0.39, 0.29) is 19.3 Å². The van der Waals surface area contributed by atoms with E-state index in [1.54, 1.807) is 0 Å². The number of nitrogens with one attached hydrogen (secondary N) is 1. The Morgan fingerprint density at radius 1 is 1.22 bits per heavy atom. The molecule has 4 heteroatoms. The first-order chi connectivity index (χ1) is 8.63. The van der Waals surface area contributed by atoms with Crippen LogP contribution in [0.3, 0.4) is 0 Å². The molecule has 0 aliphatic carbocycles. The highest BCUT2D eigenvalue weighted by Crippen LogP contribution is 2.08. The molecule has 1 rings (SSSR count). The van der Waals surface area contributed by atoms with Gasteiger partial charge in [0.2, 0.25) is 0 Å². The van der Waals surface area contributed by atoms with Crippen LogP contribution in [0.5, 0.6) is 5.75 Å². The van der Waals surface area contributed by atoms with Crippen LogP contribution in [0.1, 0.15) is 13.8 Å². The average molecular weight is 253 g/mol. The van der Waals surface area contributed by atoms with E-state index in [4.69, 9.17) is 9.84 Å². The van der Waals surface area contributed by atoms with Gasteiger partial charge >= 0.3 is 0 Å². The molecule has 0 heterocycles. The number of ether oxygens (including phenoxy) is 1. The lowest BCUT2D eigenvalue weighted by molar-refractivity contribution is 0.0962. The first-order valence-corrected chi connectivity index (χ1v) is 6.33. The van der Waals surface area contributed by atoms with Gasteiger partial charge in [-0.2, -0.15) is 0 Å². The van der Waals surface area contributed by atoms with Crippen molar-refractivity contribution in [3.63, 3.8) is 0 Å². The smallest absolute Gasteiger partial charge is 0.119 e. The Bertz CT molecular complexity index is 316. The molecule has 1 aromatic rings. The maximum absolute atomic E-state index is 9.77. The Kier molecular flexibility index (Phi) is 6.72. The van der Waals surface area contributed by atoms with Gasteiger partial charge in [0.1, 0.15) is 18.5 Å². The van der Waals surface area contributed by atoms with Crippen LogP contribution in [-0.2, 0) is 0 Å². The molecule has 0 spiro atoms. The SMILES string of the molecule is CC(C)[C@@H](CO)NCC(O)COc1ccccc1.